The number of aromatic nitrogens is 3. The van der Waals surface area contributed by atoms with Crippen LogP contribution in [0.4, 0.5) is 5.13 Å². The molecule has 1 aromatic carbocycles. The molecule has 1 aliphatic rings. The van der Waals surface area contributed by atoms with E-state index in [0.29, 0.717) is 0 Å². The first-order valence-electron chi connectivity index (χ1n) is 9.31. The smallest absolute Gasteiger partial charge is 0.218 e. The number of nitrogens with zero attached hydrogens (tertiary/aromatic N) is 4. The van der Waals surface area contributed by atoms with Crippen molar-refractivity contribution >= 4 is 16.5 Å². The van der Waals surface area contributed by atoms with Gasteiger partial charge < -0.3 is 10.2 Å². The first-order valence-corrected chi connectivity index (χ1v) is 10.1. The molecule has 0 spiro atoms. The minimum Gasteiger partial charge on any atom is -0.347 e. The summed E-state index contributed by atoms with van der Waals surface area (Å²) >= 11 is 1.68. The van der Waals surface area contributed by atoms with Gasteiger partial charge in [-0.1, -0.05) is 41.2 Å². The van der Waals surface area contributed by atoms with Gasteiger partial charge in [-0.15, -0.1) is 10.2 Å². The maximum atomic E-state index is 4.43. The second kappa shape index (κ2) is 8.01. The third-order valence-electron chi connectivity index (χ3n) is 4.79. The minimum atomic E-state index is 0.805. The van der Waals surface area contributed by atoms with Gasteiger partial charge in [0.15, 0.2) is 0 Å². The Kier molecular flexibility index (Phi) is 5.32. The highest BCUT2D eigenvalue weighted by Gasteiger charge is 2.16. The molecular formula is C20H25N5S. The van der Waals surface area contributed by atoms with Crippen molar-refractivity contribution < 1.29 is 0 Å². The molecule has 26 heavy (non-hydrogen) atoms. The quantitative estimate of drug-likeness (QED) is 0.717. The molecule has 0 saturated carbocycles. The monoisotopic (exact) mass is 367 g/mol. The van der Waals surface area contributed by atoms with Crippen molar-refractivity contribution in [2.24, 2.45) is 0 Å². The fraction of sp³-hybridized carbons (Fsp3) is 0.400. The van der Waals surface area contributed by atoms with Crippen LogP contribution >= 0.6 is 11.3 Å². The number of aryl methyl sites for hydroxylation is 1. The normalized spacial score (nSPS) is 14.7. The van der Waals surface area contributed by atoms with Crippen LogP contribution in [0.3, 0.4) is 0 Å². The van der Waals surface area contributed by atoms with Gasteiger partial charge in [-0.3, -0.25) is 4.57 Å². The van der Waals surface area contributed by atoms with E-state index in [9.17, 15) is 0 Å². The molecule has 0 aliphatic carbocycles. The van der Waals surface area contributed by atoms with E-state index in [1.165, 1.54) is 36.1 Å². The van der Waals surface area contributed by atoms with Gasteiger partial charge in [-0.05, 0) is 43.9 Å². The van der Waals surface area contributed by atoms with Crippen molar-refractivity contribution in [2.45, 2.75) is 39.3 Å². The largest absolute Gasteiger partial charge is 0.347 e. The van der Waals surface area contributed by atoms with E-state index in [0.717, 1.165) is 36.4 Å². The molecule has 0 atom stereocenters. The summed E-state index contributed by atoms with van der Waals surface area (Å²) in [6.45, 7) is 6.00. The minimum absolute atomic E-state index is 0.805. The van der Waals surface area contributed by atoms with Gasteiger partial charge in [0.2, 0.25) is 10.3 Å². The van der Waals surface area contributed by atoms with E-state index < -0.39 is 0 Å². The third-order valence-corrected chi connectivity index (χ3v) is 5.77. The number of hydrogen-bond acceptors (Lipinski definition) is 5. The van der Waals surface area contributed by atoms with E-state index in [4.69, 9.17) is 0 Å². The lowest BCUT2D eigenvalue weighted by Crippen LogP contribution is -2.29. The van der Waals surface area contributed by atoms with Crippen LogP contribution in [0.1, 0.15) is 36.1 Å². The summed E-state index contributed by atoms with van der Waals surface area (Å²) in [5.41, 5.74) is 3.82. The molecular weight excluding hydrogens is 342 g/mol. The fourth-order valence-electron chi connectivity index (χ4n) is 3.42. The lowest BCUT2D eigenvalue weighted by atomic mass is 10.1. The second-order valence-corrected chi connectivity index (χ2v) is 7.81. The van der Waals surface area contributed by atoms with Gasteiger partial charge in [0.1, 0.15) is 0 Å². The Bertz CT molecular complexity index is 847. The molecule has 0 radical (unpaired) electrons. The van der Waals surface area contributed by atoms with E-state index in [2.05, 4.69) is 74.5 Å². The van der Waals surface area contributed by atoms with E-state index in [1.807, 2.05) is 0 Å². The number of hydrogen-bond donors (Lipinski definition) is 1. The topological polar surface area (TPSA) is 46.0 Å². The van der Waals surface area contributed by atoms with Gasteiger partial charge in [-0.2, -0.15) is 0 Å². The summed E-state index contributed by atoms with van der Waals surface area (Å²) in [6, 6.07) is 12.8. The first kappa shape index (κ1) is 17.2. The predicted octanol–water partition coefficient (Wildman–Crippen LogP) is 3.92. The summed E-state index contributed by atoms with van der Waals surface area (Å²) in [4.78, 5) is 2.36. The highest BCUT2D eigenvalue weighted by Crippen LogP contribution is 2.26. The zero-order chi connectivity index (χ0) is 17.8. The SMILES string of the molecule is Cc1cccc(CNCc2cccn2-c2nnc(N3CCCCC3)s2)c1. The predicted molar refractivity (Wildman–Crippen MR) is 107 cm³/mol. The number of benzene rings is 1. The van der Waals surface area contributed by atoms with E-state index in [1.54, 1.807) is 11.3 Å². The zero-order valence-corrected chi connectivity index (χ0v) is 16.0. The molecule has 5 nitrogen and oxygen atoms in total. The highest BCUT2D eigenvalue weighted by atomic mass is 32.1. The molecule has 1 aliphatic heterocycles. The number of rotatable bonds is 6. The Balaban J connectivity index is 1.41. The Morgan fingerprint density at radius 3 is 2.69 bits per heavy atom. The van der Waals surface area contributed by atoms with Crippen LogP contribution in [0.5, 0.6) is 0 Å². The number of anilines is 1. The molecule has 0 unspecified atom stereocenters. The van der Waals surface area contributed by atoms with Crippen LogP contribution in [0.25, 0.3) is 5.13 Å². The lowest BCUT2D eigenvalue weighted by Gasteiger charge is -2.25. The van der Waals surface area contributed by atoms with Crippen molar-refractivity contribution in [3.05, 3.63) is 59.4 Å². The van der Waals surface area contributed by atoms with Gasteiger partial charge in [0.25, 0.3) is 0 Å². The fourth-order valence-corrected chi connectivity index (χ4v) is 4.34. The van der Waals surface area contributed by atoms with Crippen LogP contribution in [0.15, 0.2) is 42.6 Å². The van der Waals surface area contributed by atoms with Crippen molar-refractivity contribution in [1.82, 2.24) is 20.1 Å². The van der Waals surface area contributed by atoms with Crippen LogP contribution in [0.2, 0.25) is 0 Å². The molecule has 3 heterocycles. The number of nitrogens with one attached hydrogen (secondary N) is 1. The molecule has 136 valence electrons. The van der Waals surface area contributed by atoms with E-state index >= 15 is 0 Å². The van der Waals surface area contributed by atoms with Gasteiger partial charge in [0.05, 0.1) is 0 Å². The van der Waals surface area contributed by atoms with Crippen molar-refractivity contribution in [3.63, 3.8) is 0 Å². The number of piperidine rings is 1. The molecule has 6 heteroatoms. The van der Waals surface area contributed by atoms with Crippen molar-refractivity contribution in [1.29, 1.82) is 0 Å². The molecule has 4 rings (SSSR count). The lowest BCUT2D eigenvalue weighted by molar-refractivity contribution is 0.575. The Morgan fingerprint density at radius 2 is 1.85 bits per heavy atom. The summed E-state index contributed by atoms with van der Waals surface area (Å²) in [7, 11) is 0. The third kappa shape index (κ3) is 3.97. The molecule has 1 N–H and O–H groups in total. The van der Waals surface area contributed by atoms with Gasteiger partial charge >= 0.3 is 0 Å². The van der Waals surface area contributed by atoms with Crippen LogP contribution < -0.4 is 10.2 Å². The summed E-state index contributed by atoms with van der Waals surface area (Å²) < 4.78 is 2.15. The standard InChI is InChI=1S/C20H25N5S/c1-16-7-5-8-17(13-16)14-21-15-18-9-6-12-25(18)20-23-22-19(26-20)24-10-3-2-4-11-24/h5-9,12-13,21H,2-4,10-11,14-15H2,1H3. The van der Waals surface area contributed by atoms with Crippen LogP contribution in [-0.4, -0.2) is 27.9 Å². The molecule has 1 fully saturated rings. The van der Waals surface area contributed by atoms with Gasteiger partial charge in [0, 0.05) is 38.1 Å². The Hall–Kier alpha value is -2.18. The van der Waals surface area contributed by atoms with Crippen LogP contribution in [-0.2, 0) is 13.1 Å². The summed E-state index contributed by atoms with van der Waals surface area (Å²) in [5.74, 6) is 0. The highest BCUT2D eigenvalue weighted by molar-refractivity contribution is 7.17. The summed E-state index contributed by atoms with van der Waals surface area (Å²) in [6.07, 6.45) is 5.92. The van der Waals surface area contributed by atoms with Crippen molar-refractivity contribution in [2.75, 3.05) is 18.0 Å². The molecule has 1 saturated heterocycles. The van der Waals surface area contributed by atoms with Crippen LogP contribution in [0, 0.1) is 6.92 Å². The first-order chi connectivity index (χ1) is 12.8. The van der Waals surface area contributed by atoms with Crippen molar-refractivity contribution in [3.8, 4) is 5.13 Å². The Morgan fingerprint density at radius 1 is 1.00 bits per heavy atom. The van der Waals surface area contributed by atoms with E-state index in [-0.39, 0.29) is 0 Å². The maximum Gasteiger partial charge on any atom is 0.218 e. The molecule has 2 aromatic heterocycles. The Labute approximate surface area is 158 Å². The molecule has 0 bridgehead atoms. The molecule has 0 amide bonds. The molecule has 3 aromatic rings. The van der Waals surface area contributed by atoms with Gasteiger partial charge in [-0.25, -0.2) is 0 Å². The average molecular weight is 368 g/mol. The summed E-state index contributed by atoms with van der Waals surface area (Å²) in [5, 5.41) is 14.4. The maximum absolute atomic E-state index is 4.43. The second-order valence-electron chi connectivity index (χ2n) is 6.88. The zero-order valence-electron chi connectivity index (χ0n) is 15.2. The average Bonchev–Trinajstić information content (AvgIpc) is 3.32.